The first-order valence-electron chi connectivity index (χ1n) is 5.91. The van der Waals surface area contributed by atoms with Crippen LogP contribution in [-0.2, 0) is 12.7 Å². The highest BCUT2D eigenvalue weighted by atomic mass is 19.4. The Morgan fingerprint density at radius 3 is 2.22 bits per heavy atom. The minimum Gasteiger partial charge on any atom is -0.330 e. The number of rotatable bonds is 5. The zero-order chi connectivity index (χ0) is 13.8. The van der Waals surface area contributed by atoms with Gasteiger partial charge >= 0.3 is 6.18 Å². The number of nitrogens with zero attached hydrogens (tertiary/aromatic N) is 1. The average Bonchev–Trinajstić information content (AvgIpc) is 2.28. The molecule has 1 aromatic carbocycles. The van der Waals surface area contributed by atoms with Gasteiger partial charge in [0.05, 0.1) is 5.56 Å². The van der Waals surface area contributed by atoms with Gasteiger partial charge in [0.1, 0.15) is 0 Å². The molecule has 1 aromatic rings. The summed E-state index contributed by atoms with van der Waals surface area (Å²) in [5.74, 6) is 0. The van der Waals surface area contributed by atoms with Crippen LogP contribution in [-0.4, -0.2) is 24.5 Å². The Balaban J connectivity index is 2.64. The summed E-state index contributed by atoms with van der Waals surface area (Å²) in [6, 6.07) is 5.61. The highest BCUT2D eigenvalue weighted by Gasteiger charge is 2.29. The molecule has 0 saturated carbocycles. The van der Waals surface area contributed by atoms with Crippen molar-refractivity contribution < 1.29 is 13.2 Å². The van der Waals surface area contributed by atoms with E-state index in [0.29, 0.717) is 19.1 Å². The van der Waals surface area contributed by atoms with Gasteiger partial charge in [0.15, 0.2) is 0 Å². The van der Waals surface area contributed by atoms with Crippen molar-refractivity contribution in [1.82, 2.24) is 4.90 Å². The molecule has 0 amide bonds. The number of benzene rings is 1. The normalized spacial score (nSPS) is 13.9. The predicted molar refractivity (Wildman–Crippen MR) is 66.0 cm³/mol. The molecule has 0 aliphatic heterocycles. The second-order valence-electron chi connectivity index (χ2n) is 4.54. The molecule has 0 fully saturated rings. The van der Waals surface area contributed by atoms with Crippen LogP contribution >= 0.6 is 0 Å². The summed E-state index contributed by atoms with van der Waals surface area (Å²) in [5.41, 5.74) is 5.74. The largest absolute Gasteiger partial charge is 0.416 e. The standard InChI is InChI=1S/C13H19F3N2/c1-10(7-8-17)18(2)9-11-3-5-12(6-4-11)13(14,15)16/h3-6,10H,7-9,17H2,1-2H3. The molecule has 18 heavy (non-hydrogen) atoms. The lowest BCUT2D eigenvalue weighted by Crippen LogP contribution is -2.30. The maximum absolute atomic E-state index is 12.4. The van der Waals surface area contributed by atoms with Gasteiger partial charge in [-0.25, -0.2) is 0 Å². The maximum Gasteiger partial charge on any atom is 0.416 e. The smallest absolute Gasteiger partial charge is 0.330 e. The Morgan fingerprint density at radius 2 is 1.78 bits per heavy atom. The molecule has 102 valence electrons. The molecule has 0 aliphatic carbocycles. The number of hydrogen-bond donors (Lipinski definition) is 1. The van der Waals surface area contributed by atoms with Gasteiger partial charge in [0.2, 0.25) is 0 Å². The van der Waals surface area contributed by atoms with Crippen LogP contribution in [0.4, 0.5) is 13.2 Å². The molecule has 2 N–H and O–H groups in total. The van der Waals surface area contributed by atoms with Crippen molar-refractivity contribution in [2.75, 3.05) is 13.6 Å². The van der Waals surface area contributed by atoms with Gasteiger partial charge < -0.3 is 5.73 Å². The number of halogens is 3. The lowest BCUT2D eigenvalue weighted by molar-refractivity contribution is -0.137. The van der Waals surface area contributed by atoms with Gasteiger partial charge in [0.25, 0.3) is 0 Å². The Hall–Kier alpha value is -1.07. The van der Waals surface area contributed by atoms with E-state index in [0.717, 1.165) is 24.1 Å². The van der Waals surface area contributed by atoms with Crippen LogP contribution in [0.1, 0.15) is 24.5 Å². The highest BCUT2D eigenvalue weighted by Crippen LogP contribution is 2.29. The van der Waals surface area contributed by atoms with E-state index in [-0.39, 0.29) is 0 Å². The lowest BCUT2D eigenvalue weighted by atomic mass is 10.1. The number of hydrogen-bond acceptors (Lipinski definition) is 2. The number of alkyl halides is 3. The van der Waals surface area contributed by atoms with Crippen molar-refractivity contribution in [3.63, 3.8) is 0 Å². The summed E-state index contributed by atoms with van der Waals surface area (Å²) >= 11 is 0. The lowest BCUT2D eigenvalue weighted by Gasteiger charge is -2.24. The van der Waals surface area contributed by atoms with E-state index in [9.17, 15) is 13.2 Å². The molecule has 0 heterocycles. The second kappa shape index (κ2) is 6.20. The fraction of sp³-hybridized carbons (Fsp3) is 0.538. The molecule has 0 saturated heterocycles. The van der Waals surface area contributed by atoms with Gasteiger partial charge in [0, 0.05) is 12.6 Å². The third-order valence-electron chi connectivity index (χ3n) is 3.05. The molecule has 0 aromatic heterocycles. The van der Waals surface area contributed by atoms with Crippen LogP contribution in [0.3, 0.4) is 0 Å². The van der Waals surface area contributed by atoms with Crippen LogP contribution < -0.4 is 5.73 Å². The van der Waals surface area contributed by atoms with E-state index in [1.54, 1.807) is 0 Å². The monoisotopic (exact) mass is 260 g/mol. The molecule has 0 radical (unpaired) electrons. The first kappa shape index (κ1) is 15.0. The Labute approximate surface area is 106 Å². The summed E-state index contributed by atoms with van der Waals surface area (Å²) in [6.07, 6.45) is -3.39. The highest BCUT2D eigenvalue weighted by molar-refractivity contribution is 5.24. The summed E-state index contributed by atoms with van der Waals surface area (Å²) in [6.45, 7) is 3.29. The van der Waals surface area contributed by atoms with E-state index in [1.807, 2.05) is 7.05 Å². The maximum atomic E-state index is 12.4. The van der Waals surface area contributed by atoms with E-state index in [1.165, 1.54) is 12.1 Å². The summed E-state index contributed by atoms with van der Waals surface area (Å²) in [4.78, 5) is 2.08. The van der Waals surface area contributed by atoms with Crippen molar-refractivity contribution in [2.24, 2.45) is 5.73 Å². The zero-order valence-electron chi connectivity index (χ0n) is 10.7. The Kier molecular flexibility index (Phi) is 5.16. The van der Waals surface area contributed by atoms with E-state index >= 15 is 0 Å². The van der Waals surface area contributed by atoms with Crippen molar-refractivity contribution in [3.8, 4) is 0 Å². The third kappa shape index (κ3) is 4.31. The van der Waals surface area contributed by atoms with Crippen molar-refractivity contribution in [2.45, 2.75) is 32.1 Å². The average molecular weight is 260 g/mol. The summed E-state index contributed by atoms with van der Waals surface area (Å²) in [5, 5.41) is 0. The zero-order valence-corrected chi connectivity index (χ0v) is 10.7. The minimum atomic E-state index is -4.27. The Morgan fingerprint density at radius 1 is 1.22 bits per heavy atom. The SMILES string of the molecule is CC(CCN)N(C)Cc1ccc(C(F)(F)F)cc1. The molecule has 1 rings (SSSR count). The predicted octanol–water partition coefficient (Wildman–Crippen LogP) is 2.87. The molecular formula is C13H19F3N2. The minimum absolute atomic E-state index is 0.317. The molecule has 2 nitrogen and oxygen atoms in total. The topological polar surface area (TPSA) is 29.3 Å². The molecule has 0 aliphatic rings. The molecular weight excluding hydrogens is 241 g/mol. The molecule has 0 spiro atoms. The van der Waals surface area contributed by atoms with E-state index in [2.05, 4.69) is 11.8 Å². The van der Waals surface area contributed by atoms with Crippen molar-refractivity contribution >= 4 is 0 Å². The Bertz CT molecular complexity index is 359. The molecule has 1 atom stereocenters. The fourth-order valence-electron chi connectivity index (χ4n) is 1.70. The second-order valence-corrected chi connectivity index (χ2v) is 4.54. The third-order valence-corrected chi connectivity index (χ3v) is 3.05. The van der Waals surface area contributed by atoms with Crippen molar-refractivity contribution in [3.05, 3.63) is 35.4 Å². The van der Waals surface area contributed by atoms with Gasteiger partial charge in [-0.15, -0.1) is 0 Å². The molecule has 1 unspecified atom stereocenters. The molecule has 5 heteroatoms. The van der Waals surface area contributed by atoms with Gasteiger partial charge in [-0.1, -0.05) is 12.1 Å². The quantitative estimate of drug-likeness (QED) is 0.882. The van der Waals surface area contributed by atoms with Gasteiger partial charge in [-0.2, -0.15) is 13.2 Å². The van der Waals surface area contributed by atoms with Gasteiger partial charge in [-0.05, 0) is 44.6 Å². The first-order chi connectivity index (χ1) is 8.34. The summed E-state index contributed by atoms with van der Waals surface area (Å²) < 4.78 is 37.2. The van der Waals surface area contributed by atoms with Crippen LogP contribution in [0, 0.1) is 0 Å². The number of nitrogens with two attached hydrogens (primary N) is 1. The van der Waals surface area contributed by atoms with Crippen LogP contribution in [0.5, 0.6) is 0 Å². The fourth-order valence-corrected chi connectivity index (χ4v) is 1.70. The first-order valence-corrected chi connectivity index (χ1v) is 5.91. The van der Waals surface area contributed by atoms with Crippen LogP contribution in [0.25, 0.3) is 0 Å². The van der Waals surface area contributed by atoms with E-state index < -0.39 is 11.7 Å². The molecule has 0 bridgehead atoms. The van der Waals surface area contributed by atoms with Crippen LogP contribution in [0.15, 0.2) is 24.3 Å². The van der Waals surface area contributed by atoms with Crippen LogP contribution in [0.2, 0.25) is 0 Å². The van der Waals surface area contributed by atoms with E-state index in [4.69, 9.17) is 5.73 Å². The summed E-state index contributed by atoms with van der Waals surface area (Å²) in [7, 11) is 1.94. The van der Waals surface area contributed by atoms with Gasteiger partial charge in [-0.3, -0.25) is 4.90 Å². The van der Waals surface area contributed by atoms with Crippen molar-refractivity contribution in [1.29, 1.82) is 0 Å².